The number of halogens is 6. The maximum Gasteiger partial charge on any atom is 0.418 e. The zero-order valence-electron chi connectivity index (χ0n) is 7.37. The van der Waals surface area contributed by atoms with Gasteiger partial charge in [-0.15, -0.1) is 0 Å². The SMILES string of the molecule is Cc1c(Cl)ncc(C(F)(F)F)c1C(F)F. The summed E-state index contributed by atoms with van der Waals surface area (Å²) in [5.74, 6) is 0. The highest BCUT2D eigenvalue weighted by atomic mass is 35.5. The van der Waals surface area contributed by atoms with Crippen LogP contribution in [0.1, 0.15) is 23.1 Å². The molecule has 15 heavy (non-hydrogen) atoms. The van der Waals surface area contributed by atoms with Gasteiger partial charge in [-0.1, -0.05) is 11.6 Å². The highest BCUT2D eigenvalue weighted by molar-refractivity contribution is 6.30. The van der Waals surface area contributed by atoms with E-state index in [0.29, 0.717) is 6.20 Å². The summed E-state index contributed by atoms with van der Waals surface area (Å²) in [6, 6.07) is 0. The van der Waals surface area contributed by atoms with Crippen LogP contribution in [0.2, 0.25) is 5.15 Å². The van der Waals surface area contributed by atoms with Gasteiger partial charge in [0, 0.05) is 11.8 Å². The molecule has 0 aliphatic carbocycles. The number of hydrogen-bond donors (Lipinski definition) is 0. The third kappa shape index (κ3) is 2.37. The molecule has 0 radical (unpaired) electrons. The van der Waals surface area contributed by atoms with Gasteiger partial charge in [0.25, 0.3) is 6.43 Å². The van der Waals surface area contributed by atoms with Crippen molar-refractivity contribution in [2.24, 2.45) is 0 Å². The van der Waals surface area contributed by atoms with Gasteiger partial charge < -0.3 is 0 Å². The summed E-state index contributed by atoms with van der Waals surface area (Å²) in [6.45, 7) is 1.08. The average Bonchev–Trinajstić information content (AvgIpc) is 2.06. The highest BCUT2D eigenvalue weighted by Gasteiger charge is 2.37. The Bertz CT molecular complexity index is 374. The average molecular weight is 246 g/mol. The van der Waals surface area contributed by atoms with E-state index in [-0.39, 0.29) is 10.7 Å². The minimum absolute atomic E-state index is 0.316. The molecule has 0 N–H and O–H groups in total. The molecule has 0 bridgehead atoms. The Morgan fingerprint density at radius 1 is 1.33 bits per heavy atom. The number of pyridine rings is 1. The highest BCUT2D eigenvalue weighted by Crippen LogP contribution is 2.38. The summed E-state index contributed by atoms with van der Waals surface area (Å²) in [7, 11) is 0. The summed E-state index contributed by atoms with van der Waals surface area (Å²) in [6.07, 6.45) is -7.77. The van der Waals surface area contributed by atoms with Gasteiger partial charge in [-0.25, -0.2) is 13.8 Å². The van der Waals surface area contributed by atoms with Gasteiger partial charge in [0.1, 0.15) is 5.15 Å². The van der Waals surface area contributed by atoms with E-state index in [9.17, 15) is 22.0 Å². The molecule has 1 aromatic heterocycles. The van der Waals surface area contributed by atoms with E-state index in [1.807, 2.05) is 0 Å². The first-order valence-electron chi connectivity index (χ1n) is 3.75. The first-order valence-corrected chi connectivity index (χ1v) is 4.13. The van der Waals surface area contributed by atoms with E-state index in [1.165, 1.54) is 0 Å². The normalized spacial score (nSPS) is 12.3. The van der Waals surface area contributed by atoms with Crippen molar-refractivity contribution in [2.45, 2.75) is 19.5 Å². The number of nitrogens with zero attached hydrogens (tertiary/aromatic N) is 1. The molecule has 0 fully saturated rings. The minimum atomic E-state index is -4.85. The molecule has 0 aliphatic rings. The summed E-state index contributed by atoms with van der Waals surface area (Å²) < 4.78 is 61.7. The van der Waals surface area contributed by atoms with Crippen LogP contribution in [0.25, 0.3) is 0 Å². The standard InChI is InChI=1S/C8H5ClF5N/c1-3-5(7(10)11)4(8(12,13)14)2-15-6(3)9/h2,7H,1H3. The molecule has 0 amide bonds. The van der Waals surface area contributed by atoms with Gasteiger partial charge >= 0.3 is 6.18 Å². The van der Waals surface area contributed by atoms with Crippen molar-refractivity contribution < 1.29 is 22.0 Å². The van der Waals surface area contributed by atoms with Gasteiger partial charge in [0.2, 0.25) is 0 Å². The molecule has 0 aliphatic heterocycles. The number of alkyl halides is 5. The Balaban J connectivity index is 3.47. The van der Waals surface area contributed by atoms with Crippen molar-refractivity contribution in [3.8, 4) is 0 Å². The van der Waals surface area contributed by atoms with Crippen LogP contribution in [-0.2, 0) is 6.18 Å². The minimum Gasteiger partial charge on any atom is -0.244 e. The molecule has 0 saturated carbocycles. The lowest BCUT2D eigenvalue weighted by Gasteiger charge is -2.14. The van der Waals surface area contributed by atoms with Gasteiger partial charge in [-0.2, -0.15) is 13.2 Å². The van der Waals surface area contributed by atoms with E-state index < -0.39 is 23.7 Å². The molecule has 1 rings (SSSR count). The van der Waals surface area contributed by atoms with Gasteiger partial charge in [-0.05, 0) is 12.5 Å². The summed E-state index contributed by atoms with van der Waals surface area (Å²) in [4.78, 5) is 3.20. The van der Waals surface area contributed by atoms with Crippen LogP contribution < -0.4 is 0 Å². The lowest BCUT2D eigenvalue weighted by molar-refractivity contribution is -0.139. The smallest absolute Gasteiger partial charge is 0.244 e. The second kappa shape index (κ2) is 3.92. The predicted octanol–water partition coefficient (Wildman–Crippen LogP) is 4.00. The first kappa shape index (κ1) is 12.2. The zero-order valence-corrected chi connectivity index (χ0v) is 8.13. The Hall–Kier alpha value is -0.910. The molecule has 0 aromatic carbocycles. The van der Waals surface area contributed by atoms with Crippen LogP contribution in [-0.4, -0.2) is 4.98 Å². The topological polar surface area (TPSA) is 12.9 Å². The lowest BCUT2D eigenvalue weighted by Crippen LogP contribution is -2.12. The summed E-state index contributed by atoms with van der Waals surface area (Å²) in [5.41, 5.74) is -2.90. The summed E-state index contributed by atoms with van der Waals surface area (Å²) >= 11 is 5.37. The largest absolute Gasteiger partial charge is 0.418 e. The molecule has 0 unspecified atom stereocenters. The monoisotopic (exact) mass is 245 g/mol. The van der Waals surface area contributed by atoms with Crippen LogP contribution in [0, 0.1) is 6.92 Å². The van der Waals surface area contributed by atoms with Gasteiger partial charge in [0.05, 0.1) is 5.56 Å². The van der Waals surface area contributed by atoms with Crippen molar-refractivity contribution in [3.63, 3.8) is 0 Å². The van der Waals surface area contributed by atoms with E-state index in [0.717, 1.165) is 6.92 Å². The molecule has 7 heteroatoms. The fourth-order valence-electron chi connectivity index (χ4n) is 1.11. The molecular formula is C8H5ClF5N. The maximum absolute atomic E-state index is 12.4. The lowest BCUT2D eigenvalue weighted by atomic mass is 10.1. The number of aromatic nitrogens is 1. The van der Waals surface area contributed by atoms with E-state index in [1.54, 1.807) is 0 Å². The molecular weight excluding hydrogens is 241 g/mol. The van der Waals surface area contributed by atoms with Crippen LogP contribution >= 0.6 is 11.6 Å². The van der Waals surface area contributed by atoms with Gasteiger partial charge in [0.15, 0.2) is 0 Å². The quantitative estimate of drug-likeness (QED) is 0.538. The fourth-order valence-corrected chi connectivity index (χ4v) is 1.26. The van der Waals surface area contributed by atoms with Crippen LogP contribution in [0.5, 0.6) is 0 Å². The van der Waals surface area contributed by atoms with Crippen molar-refractivity contribution >= 4 is 11.6 Å². The van der Waals surface area contributed by atoms with E-state index in [4.69, 9.17) is 11.6 Å². The van der Waals surface area contributed by atoms with Crippen LogP contribution in [0.3, 0.4) is 0 Å². The third-order valence-corrected chi connectivity index (χ3v) is 2.22. The van der Waals surface area contributed by atoms with Crippen molar-refractivity contribution in [3.05, 3.63) is 28.0 Å². The Morgan fingerprint density at radius 3 is 2.27 bits per heavy atom. The van der Waals surface area contributed by atoms with E-state index in [2.05, 4.69) is 4.98 Å². The molecule has 0 saturated heterocycles. The second-order valence-electron chi connectivity index (χ2n) is 2.80. The zero-order chi connectivity index (χ0) is 11.8. The Morgan fingerprint density at radius 2 is 1.87 bits per heavy atom. The molecule has 0 atom stereocenters. The number of rotatable bonds is 1. The Kier molecular flexibility index (Phi) is 3.18. The third-order valence-electron chi connectivity index (χ3n) is 1.83. The fraction of sp³-hybridized carbons (Fsp3) is 0.375. The van der Waals surface area contributed by atoms with Crippen LogP contribution in [0.4, 0.5) is 22.0 Å². The molecule has 84 valence electrons. The molecule has 1 nitrogen and oxygen atoms in total. The van der Waals surface area contributed by atoms with Crippen molar-refractivity contribution in [2.75, 3.05) is 0 Å². The molecule has 0 spiro atoms. The molecule has 1 heterocycles. The van der Waals surface area contributed by atoms with Crippen LogP contribution in [0.15, 0.2) is 6.20 Å². The van der Waals surface area contributed by atoms with E-state index >= 15 is 0 Å². The molecule has 1 aromatic rings. The van der Waals surface area contributed by atoms with Gasteiger partial charge in [-0.3, -0.25) is 0 Å². The first-order chi connectivity index (χ1) is 6.75. The Labute approximate surface area is 86.9 Å². The predicted molar refractivity (Wildman–Crippen MR) is 43.9 cm³/mol. The summed E-state index contributed by atoms with van der Waals surface area (Å²) in [5, 5.41) is -0.349. The van der Waals surface area contributed by atoms with Crippen molar-refractivity contribution in [1.82, 2.24) is 4.98 Å². The second-order valence-corrected chi connectivity index (χ2v) is 3.16. The van der Waals surface area contributed by atoms with Crippen molar-refractivity contribution in [1.29, 1.82) is 0 Å². The maximum atomic E-state index is 12.4. The number of hydrogen-bond acceptors (Lipinski definition) is 1.